The Morgan fingerprint density at radius 3 is 2.85 bits per heavy atom. The van der Waals surface area contributed by atoms with Crippen molar-refractivity contribution in [1.29, 1.82) is 0 Å². The summed E-state index contributed by atoms with van der Waals surface area (Å²) in [5, 5.41) is 2.48. The first kappa shape index (κ1) is 14.3. The van der Waals surface area contributed by atoms with Crippen LogP contribution in [0.25, 0.3) is 0 Å². The Hall–Kier alpha value is -2.14. The molecule has 6 heteroatoms. The van der Waals surface area contributed by atoms with E-state index in [0.29, 0.717) is 11.3 Å². The maximum absolute atomic E-state index is 13.0. The second kappa shape index (κ2) is 5.88. The lowest BCUT2D eigenvalue weighted by molar-refractivity contribution is -0.116. The maximum atomic E-state index is 13.0. The lowest BCUT2D eigenvalue weighted by Gasteiger charge is -2.08. The summed E-state index contributed by atoms with van der Waals surface area (Å²) in [7, 11) is 0. The molecule has 1 amide bonds. The van der Waals surface area contributed by atoms with Crippen LogP contribution in [-0.4, -0.2) is 10.5 Å². The molecule has 0 bridgehead atoms. The molecule has 0 spiro atoms. The molecule has 0 atom stereocenters. The fourth-order valence-corrected chi connectivity index (χ4v) is 1.89. The van der Waals surface area contributed by atoms with Gasteiger partial charge in [0.15, 0.2) is 0 Å². The number of benzene rings is 1. The number of hydrogen-bond acceptors (Lipinski definition) is 2. The number of hydrogen-bond donors (Lipinski definition) is 1. The first-order valence-corrected chi connectivity index (χ1v) is 6.26. The molecule has 4 nitrogen and oxygen atoms in total. The number of nitrogens with zero attached hydrogens (tertiary/aromatic N) is 1. The van der Waals surface area contributed by atoms with Crippen molar-refractivity contribution in [2.45, 2.75) is 13.5 Å². The zero-order valence-corrected chi connectivity index (χ0v) is 11.4. The van der Waals surface area contributed by atoms with E-state index < -0.39 is 5.82 Å². The van der Waals surface area contributed by atoms with Crippen LogP contribution in [0.3, 0.4) is 0 Å². The molecule has 1 N–H and O–H groups in total. The third kappa shape index (κ3) is 3.24. The molecule has 0 aliphatic rings. The topological polar surface area (TPSA) is 51.1 Å². The number of amides is 1. The van der Waals surface area contributed by atoms with Crippen LogP contribution >= 0.6 is 11.6 Å². The summed E-state index contributed by atoms with van der Waals surface area (Å²) in [6.07, 6.45) is 1.53. The van der Waals surface area contributed by atoms with Crippen molar-refractivity contribution in [3.63, 3.8) is 0 Å². The molecule has 0 saturated carbocycles. The van der Waals surface area contributed by atoms with Gasteiger partial charge in [-0.25, -0.2) is 4.39 Å². The summed E-state index contributed by atoms with van der Waals surface area (Å²) < 4.78 is 14.3. The van der Waals surface area contributed by atoms with Crippen LogP contribution < -0.4 is 10.9 Å². The van der Waals surface area contributed by atoms with Gasteiger partial charge in [0.1, 0.15) is 12.4 Å². The average Bonchev–Trinajstić information content (AvgIpc) is 2.39. The van der Waals surface area contributed by atoms with Gasteiger partial charge >= 0.3 is 0 Å². The summed E-state index contributed by atoms with van der Waals surface area (Å²) in [6, 6.07) is 7.25. The fourth-order valence-electron chi connectivity index (χ4n) is 1.71. The van der Waals surface area contributed by atoms with E-state index in [4.69, 9.17) is 11.6 Å². The standard InChI is InChI=1S/C14H12ClFN2O2/c1-9-3-2-6-18(14(9)20)8-13(19)17-10-4-5-12(16)11(15)7-10/h2-7H,8H2,1H3,(H,17,19). The zero-order chi connectivity index (χ0) is 14.7. The number of anilines is 1. The monoisotopic (exact) mass is 294 g/mol. The van der Waals surface area contributed by atoms with E-state index in [0.717, 1.165) is 6.07 Å². The van der Waals surface area contributed by atoms with E-state index in [2.05, 4.69) is 5.32 Å². The van der Waals surface area contributed by atoms with Crippen LogP contribution in [0.5, 0.6) is 0 Å². The average molecular weight is 295 g/mol. The van der Waals surface area contributed by atoms with Crippen molar-refractivity contribution in [3.05, 3.63) is 63.3 Å². The van der Waals surface area contributed by atoms with Crippen LogP contribution in [0.15, 0.2) is 41.3 Å². The molecule has 0 aliphatic carbocycles. The summed E-state index contributed by atoms with van der Waals surface area (Å²) in [6.45, 7) is 1.56. The fraction of sp³-hybridized carbons (Fsp3) is 0.143. The van der Waals surface area contributed by atoms with E-state index in [9.17, 15) is 14.0 Å². The lowest BCUT2D eigenvalue weighted by atomic mass is 10.3. The van der Waals surface area contributed by atoms with Crippen LogP contribution in [0.4, 0.5) is 10.1 Å². The molecule has 1 heterocycles. The minimum Gasteiger partial charge on any atom is -0.324 e. The molecule has 2 rings (SSSR count). The highest BCUT2D eigenvalue weighted by atomic mass is 35.5. The largest absolute Gasteiger partial charge is 0.324 e. The third-order valence-corrected chi connectivity index (χ3v) is 3.02. The Bertz CT molecular complexity index is 713. The molecular weight excluding hydrogens is 283 g/mol. The number of nitrogens with one attached hydrogen (secondary N) is 1. The van der Waals surface area contributed by atoms with Crippen molar-refractivity contribution >= 4 is 23.2 Å². The Kier molecular flexibility index (Phi) is 4.20. The maximum Gasteiger partial charge on any atom is 0.253 e. The van der Waals surface area contributed by atoms with Crippen LogP contribution in [0.2, 0.25) is 5.02 Å². The van der Waals surface area contributed by atoms with Crippen molar-refractivity contribution in [2.24, 2.45) is 0 Å². The highest BCUT2D eigenvalue weighted by Gasteiger charge is 2.07. The van der Waals surface area contributed by atoms with Gasteiger partial charge in [0.2, 0.25) is 5.91 Å². The molecule has 20 heavy (non-hydrogen) atoms. The molecular formula is C14H12ClFN2O2. The third-order valence-electron chi connectivity index (χ3n) is 2.73. The van der Waals surface area contributed by atoms with E-state index in [1.165, 1.54) is 22.9 Å². The molecule has 0 aliphatic heterocycles. The predicted molar refractivity (Wildman–Crippen MR) is 75.5 cm³/mol. The first-order chi connectivity index (χ1) is 9.47. The van der Waals surface area contributed by atoms with Crippen LogP contribution in [-0.2, 0) is 11.3 Å². The molecule has 0 radical (unpaired) electrons. The minimum atomic E-state index is -0.556. The van der Waals surface area contributed by atoms with Gasteiger partial charge in [0.05, 0.1) is 5.02 Å². The normalized spacial score (nSPS) is 10.3. The van der Waals surface area contributed by atoms with Gasteiger partial charge in [0.25, 0.3) is 5.56 Å². The summed E-state index contributed by atoms with van der Waals surface area (Å²) >= 11 is 5.62. The van der Waals surface area contributed by atoms with Crippen LogP contribution in [0.1, 0.15) is 5.56 Å². The first-order valence-electron chi connectivity index (χ1n) is 5.88. The molecule has 2 aromatic rings. The Morgan fingerprint density at radius 1 is 1.40 bits per heavy atom. The van der Waals surface area contributed by atoms with Crippen molar-refractivity contribution in [1.82, 2.24) is 4.57 Å². The smallest absolute Gasteiger partial charge is 0.253 e. The Balaban J connectivity index is 2.11. The van der Waals surface area contributed by atoms with E-state index in [1.807, 2.05) is 0 Å². The zero-order valence-electron chi connectivity index (χ0n) is 10.7. The lowest BCUT2D eigenvalue weighted by Crippen LogP contribution is -2.28. The van der Waals surface area contributed by atoms with Gasteiger partial charge in [-0.05, 0) is 31.2 Å². The SMILES string of the molecule is Cc1cccn(CC(=O)Nc2ccc(F)c(Cl)c2)c1=O. The number of pyridine rings is 1. The van der Waals surface area contributed by atoms with E-state index >= 15 is 0 Å². The second-order valence-corrected chi connectivity index (χ2v) is 4.71. The minimum absolute atomic E-state index is 0.0736. The number of aromatic nitrogens is 1. The number of aryl methyl sites for hydroxylation is 1. The molecule has 1 aromatic carbocycles. The van der Waals surface area contributed by atoms with E-state index in [1.54, 1.807) is 19.1 Å². The Morgan fingerprint density at radius 2 is 2.15 bits per heavy atom. The van der Waals surface area contributed by atoms with Gasteiger partial charge in [-0.1, -0.05) is 17.7 Å². The quantitative estimate of drug-likeness (QED) is 0.946. The number of carbonyl (C=O) groups excluding carboxylic acids is 1. The summed E-state index contributed by atoms with van der Waals surface area (Å²) in [4.78, 5) is 23.6. The van der Waals surface area contributed by atoms with Crippen molar-refractivity contribution < 1.29 is 9.18 Å². The summed E-state index contributed by atoms with van der Waals surface area (Å²) in [5.41, 5.74) is 0.715. The Labute approximate surface area is 119 Å². The molecule has 0 fully saturated rings. The van der Waals surface area contributed by atoms with Crippen LogP contribution in [0, 0.1) is 12.7 Å². The highest BCUT2D eigenvalue weighted by Crippen LogP contribution is 2.19. The number of carbonyl (C=O) groups is 1. The molecule has 0 unspecified atom stereocenters. The van der Waals surface area contributed by atoms with Gasteiger partial charge in [-0.15, -0.1) is 0 Å². The van der Waals surface area contributed by atoms with Gasteiger partial charge in [-0.3, -0.25) is 9.59 Å². The number of halogens is 2. The van der Waals surface area contributed by atoms with Gasteiger partial charge < -0.3 is 9.88 Å². The predicted octanol–water partition coefficient (Wildman–Crippen LogP) is 2.59. The number of rotatable bonds is 3. The second-order valence-electron chi connectivity index (χ2n) is 4.30. The molecule has 104 valence electrons. The molecule has 1 aromatic heterocycles. The summed E-state index contributed by atoms with van der Waals surface area (Å²) in [5.74, 6) is -0.944. The molecule has 0 saturated heterocycles. The van der Waals surface area contributed by atoms with Gasteiger partial charge in [0, 0.05) is 17.4 Å². The van der Waals surface area contributed by atoms with Crippen molar-refractivity contribution in [2.75, 3.05) is 5.32 Å². The van der Waals surface area contributed by atoms with Crippen molar-refractivity contribution in [3.8, 4) is 0 Å². The van der Waals surface area contributed by atoms with Gasteiger partial charge in [-0.2, -0.15) is 0 Å². The van der Waals surface area contributed by atoms with E-state index in [-0.39, 0.29) is 23.0 Å². The highest BCUT2D eigenvalue weighted by molar-refractivity contribution is 6.31.